The number of carbonyl (C=O) groups excluding carboxylic acids is 2. The number of rotatable bonds is 3. The molecule has 2 aliphatic rings. The Morgan fingerprint density at radius 1 is 1.33 bits per heavy atom. The molecule has 2 N–H and O–H groups in total. The SMILES string of the molecule is CC1(C(=O)Nc2ccc(N3CCNC3=O)cc2)CC1(Cl)Cl. The van der Waals surface area contributed by atoms with Gasteiger partial charge in [-0.15, -0.1) is 23.2 Å². The summed E-state index contributed by atoms with van der Waals surface area (Å²) in [5.41, 5.74) is 0.703. The van der Waals surface area contributed by atoms with Gasteiger partial charge in [-0.1, -0.05) is 0 Å². The van der Waals surface area contributed by atoms with Gasteiger partial charge < -0.3 is 10.6 Å². The van der Waals surface area contributed by atoms with Crippen molar-refractivity contribution in [2.24, 2.45) is 5.41 Å². The van der Waals surface area contributed by atoms with Gasteiger partial charge in [-0.05, 0) is 37.6 Å². The number of halogens is 2. The van der Waals surface area contributed by atoms with Gasteiger partial charge >= 0.3 is 6.03 Å². The summed E-state index contributed by atoms with van der Waals surface area (Å²) in [5.74, 6) is -0.195. The molecule has 21 heavy (non-hydrogen) atoms. The van der Waals surface area contributed by atoms with Crippen LogP contribution in [-0.4, -0.2) is 29.4 Å². The van der Waals surface area contributed by atoms with E-state index in [4.69, 9.17) is 23.2 Å². The minimum absolute atomic E-state index is 0.105. The zero-order valence-electron chi connectivity index (χ0n) is 11.5. The van der Waals surface area contributed by atoms with Gasteiger partial charge in [-0.2, -0.15) is 0 Å². The van der Waals surface area contributed by atoms with E-state index in [1.807, 2.05) is 0 Å². The Kier molecular flexibility index (Phi) is 3.30. The van der Waals surface area contributed by atoms with Crippen molar-refractivity contribution in [1.29, 1.82) is 0 Å². The van der Waals surface area contributed by atoms with Crippen molar-refractivity contribution in [3.05, 3.63) is 24.3 Å². The van der Waals surface area contributed by atoms with Gasteiger partial charge in [0.1, 0.15) is 4.33 Å². The Morgan fingerprint density at radius 3 is 2.43 bits per heavy atom. The second-order valence-electron chi connectivity index (χ2n) is 5.60. The fraction of sp³-hybridized carbons (Fsp3) is 0.429. The standard InChI is InChI=1S/C14H15Cl2N3O2/c1-13(8-14(13,15)16)11(20)18-9-2-4-10(5-3-9)19-7-6-17-12(19)21/h2-5H,6-8H2,1H3,(H,17,21)(H,18,20). The summed E-state index contributed by atoms with van der Waals surface area (Å²) in [5, 5.41) is 5.54. The minimum atomic E-state index is -0.981. The molecule has 0 radical (unpaired) electrons. The first-order valence-electron chi connectivity index (χ1n) is 6.68. The summed E-state index contributed by atoms with van der Waals surface area (Å²) in [6.45, 7) is 3.03. The highest BCUT2D eigenvalue weighted by atomic mass is 35.5. The molecule has 1 heterocycles. The Balaban J connectivity index is 1.68. The monoisotopic (exact) mass is 327 g/mol. The van der Waals surface area contributed by atoms with Gasteiger partial charge in [0.15, 0.2) is 0 Å². The number of anilines is 2. The van der Waals surface area contributed by atoms with Crippen LogP contribution in [0.5, 0.6) is 0 Å². The number of nitrogens with zero attached hydrogens (tertiary/aromatic N) is 1. The molecule has 1 aromatic carbocycles. The maximum absolute atomic E-state index is 12.2. The van der Waals surface area contributed by atoms with Crippen molar-refractivity contribution in [1.82, 2.24) is 5.32 Å². The van der Waals surface area contributed by atoms with Crippen LogP contribution >= 0.6 is 23.2 Å². The second-order valence-corrected chi connectivity index (χ2v) is 7.08. The molecule has 3 rings (SSSR count). The number of alkyl halides is 2. The lowest BCUT2D eigenvalue weighted by Crippen LogP contribution is -2.28. The average molecular weight is 328 g/mol. The molecule has 5 nitrogen and oxygen atoms in total. The molecule has 1 aromatic rings. The van der Waals surface area contributed by atoms with Crippen molar-refractivity contribution in [3.8, 4) is 0 Å². The van der Waals surface area contributed by atoms with Crippen LogP contribution in [0.25, 0.3) is 0 Å². The van der Waals surface area contributed by atoms with Gasteiger partial charge in [0, 0.05) is 24.5 Å². The molecule has 1 aliphatic carbocycles. The summed E-state index contributed by atoms with van der Waals surface area (Å²) < 4.78 is -0.981. The first kappa shape index (κ1) is 14.5. The second kappa shape index (κ2) is 4.78. The lowest BCUT2D eigenvalue weighted by atomic mass is 10.1. The number of amides is 3. The molecule has 1 saturated carbocycles. The Hall–Kier alpha value is -1.46. The van der Waals surface area contributed by atoms with E-state index in [0.29, 0.717) is 25.2 Å². The van der Waals surface area contributed by atoms with E-state index in [0.717, 1.165) is 5.69 Å². The molecule has 1 unspecified atom stereocenters. The number of carbonyl (C=O) groups is 2. The molecule has 1 aliphatic heterocycles. The molecule has 0 spiro atoms. The Bertz CT molecular complexity index is 603. The van der Waals surface area contributed by atoms with Crippen LogP contribution in [0.3, 0.4) is 0 Å². The molecule has 1 atom stereocenters. The first-order chi connectivity index (χ1) is 9.83. The summed E-state index contributed by atoms with van der Waals surface area (Å²) in [7, 11) is 0. The number of hydrogen-bond donors (Lipinski definition) is 2. The van der Waals surface area contributed by atoms with Crippen LogP contribution in [0.15, 0.2) is 24.3 Å². The lowest BCUT2D eigenvalue weighted by Gasteiger charge is -2.16. The lowest BCUT2D eigenvalue weighted by molar-refractivity contribution is -0.120. The van der Waals surface area contributed by atoms with E-state index in [9.17, 15) is 9.59 Å². The summed E-state index contributed by atoms with van der Waals surface area (Å²) >= 11 is 12.0. The number of benzene rings is 1. The number of hydrogen-bond acceptors (Lipinski definition) is 2. The third-order valence-electron chi connectivity index (χ3n) is 4.05. The zero-order valence-corrected chi connectivity index (χ0v) is 13.0. The normalized spacial score (nSPS) is 26.4. The van der Waals surface area contributed by atoms with Crippen LogP contribution in [0.4, 0.5) is 16.2 Å². The highest BCUT2D eigenvalue weighted by Gasteiger charge is 2.67. The first-order valence-corrected chi connectivity index (χ1v) is 7.44. The molecule has 1 saturated heterocycles. The van der Waals surface area contributed by atoms with Crippen molar-refractivity contribution in [3.63, 3.8) is 0 Å². The topological polar surface area (TPSA) is 61.4 Å². The van der Waals surface area contributed by atoms with Gasteiger partial charge in [0.25, 0.3) is 0 Å². The van der Waals surface area contributed by atoms with Crippen LogP contribution in [0, 0.1) is 5.41 Å². The van der Waals surface area contributed by atoms with E-state index in [1.165, 1.54) is 0 Å². The van der Waals surface area contributed by atoms with Crippen LogP contribution < -0.4 is 15.5 Å². The van der Waals surface area contributed by atoms with Gasteiger partial charge in [-0.3, -0.25) is 9.69 Å². The maximum Gasteiger partial charge on any atom is 0.321 e. The molecule has 112 valence electrons. The average Bonchev–Trinajstić information content (AvgIpc) is 2.76. The molecule has 0 bridgehead atoms. The molecular formula is C14H15Cl2N3O2. The Morgan fingerprint density at radius 2 is 1.95 bits per heavy atom. The van der Waals surface area contributed by atoms with E-state index in [2.05, 4.69) is 10.6 Å². The van der Waals surface area contributed by atoms with E-state index in [-0.39, 0.29) is 11.9 Å². The number of nitrogens with one attached hydrogen (secondary N) is 2. The molecule has 2 fully saturated rings. The third-order valence-corrected chi connectivity index (χ3v) is 5.15. The summed E-state index contributed by atoms with van der Waals surface area (Å²) in [4.78, 5) is 25.4. The van der Waals surface area contributed by atoms with E-state index >= 15 is 0 Å². The number of urea groups is 1. The summed E-state index contributed by atoms with van der Waals surface area (Å²) in [6.07, 6.45) is 0.445. The minimum Gasteiger partial charge on any atom is -0.336 e. The van der Waals surface area contributed by atoms with Gasteiger partial charge in [-0.25, -0.2) is 4.79 Å². The zero-order chi connectivity index (χ0) is 15.3. The van der Waals surface area contributed by atoms with E-state index in [1.54, 1.807) is 36.1 Å². The smallest absolute Gasteiger partial charge is 0.321 e. The van der Waals surface area contributed by atoms with Gasteiger partial charge in [0.05, 0.1) is 5.41 Å². The predicted molar refractivity (Wildman–Crippen MR) is 83.0 cm³/mol. The van der Waals surface area contributed by atoms with Gasteiger partial charge in [0.2, 0.25) is 5.91 Å². The molecule has 3 amide bonds. The fourth-order valence-electron chi connectivity index (χ4n) is 2.36. The van der Waals surface area contributed by atoms with Crippen LogP contribution in [-0.2, 0) is 4.79 Å². The van der Waals surface area contributed by atoms with Crippen LogP contribution in [0.2, 0.25) is 0 Å². The van der Waals surface area contributed by atoms with Crippen molar-refractivity contribution in [2.75, 3.05) is 23.3 Å². The van der Waals surface area contributed by atoms with Crippen molar-refractivity contribution >= 4 is 46.5 Å². The van der Waals surface area contributed by atoms with E-state index < -0.39 is 9.75 Å². The Labute approximate surface area is 132 Å². The molecule has 0 aromatic heterocycles. The van der Waals surface area contributed by atoms with Crippen molar-refractivity contribution < 1.29 is 9.59 Å². The summed E-state index contributed by atoms with van der Waals surface area (Å²) in [6, 6.07) is 7.00. The fourth-order valence-corrected chi connectivity index (χ4v) is 3.06. The van der Waals surface area contributed by atoms with Crippen LogP contribution in [0.1, 0.15) is 13.3 Å². The maximum atomic E-state index is 12.2. The van der Waals surface area contributed by atoms with Crippen molar-refractivity contribution in [2.45, 2.75) is 17.7 Å². The quantitative estimate of drug-likeness (QED) is 0.838. The molecule has 7 heteroatoms. The molecular weight excluding hydrogens is 313 g/mol. The highest BCUT2D eigenvalue weighted by Crippen LogP contribution is 2.64. The highest BCUT2D eigenvalue weighted by molar-refractivity contribution is 6.53. The predicted octanol–water partition coefficient (Wildman–Crippen LogP) is 2.74. The largest absolute Gasteiger partial charge is 0.336 e. The third kappa shape index (κ3) is 2.45.